The number of anilines is 2. The van der Waals surface area contributed by atoms with Gasteiger partial charge in [-0.15, -0.1) is 0 Å². The maximum Gasteiger partial charge on any atom is 0.325 e. The summed E-state index contributed by atoms with van der Waals surface area (Å²) in [6.45, 7) is 3.39. The first kappa shape index (κ1) is 15.5. The molecule has 6 nitrogen and oxygen atoms in total. The molecule has 2 heterocycles. The zero-order valence-electron chi connectivity index (χ0n) is 12.8. The van der Waals surface area contributed by atoms with E-state index in [9.17, 15) is 9.59 Å². The van der Waals surface area contributed by atoms with Gasteiger partial charge in [-0.05, 0) is 31.9 Å². The van der Waals surface area contributed by atoms with Crippen LogP contribution in [0.25, 0.3) is 0 Å². The van der Waals surface area contributed by atoms with Gasteiger partial charge in [-0.3, -0.25) is 10.1 Å². The van der Waals surface area contributed by atoms with Crippen LogP contribution in [0.15, 0.2) is 30.3 Å². The topological polar surface area (TPSA) is 74.3 Å². The molecule has 23 heavy (non-hydrogen) atoms. The van der Waals surface area contributed by atoms with Crippen LogP contribution in [0.4, 0.5) is 15.6 Å². The molecule has 7 heteroatoms. The largest absolute Gasteiger partial charge is 0.338 e. The Labute approximate surface area is 138 Å². The average Bonchev–Trinajstić information content (AvgIpc) is 3.17. The van der Waals surface area contributed by atoms with E-state index in [1.807, 2.05) is 23.1 Å². The molecule has 0 aliphatic carbocycles. The Hall–Kier alpha value is -2.41. The van der Waals surface area contributed by atoms with E-state index in [0.29, 0.717) is 21.4 Å². The molecule has 1 aromatic heterocycles. The van der Waals surface area contributed by atoms with Gasteiger partial charge in [0.1, 0.15) is 4.88 Å². The van der Waals surface area contributed by atoms with Crippen LogP contribution in [0.1, 0.15) is 28.2 Å². The normalized spacial score (nSPS) is 13.9. The number of thiazole rings is 1. The van der Waals surface area contributed by atoms with Crippen molar-refractivity contribution in [3.05, 3.63) is 40.9 Å². The lowest BCUT2D eigenvalue weighted by Crippen LogP contribution is -2.27. The number of hydrogen-bond acceptors (Lipinski definition) is 4. The maximum atomic E-state index is 12.4. The van der Waals surface area contributed by atoms with E-state index in [-0.39, 0.29) is 11.9 Å². The zero-order valence-corrected chi connectivity index (χ0v) is 13.7. The van der Waals surface area contributed by atoms with E-state index < -0.39 is 0 Å². The summed E-state index contributed by atoms with van der Waals surface area (Å²) in [5.74, 6) is 0.00835. The summed E-state index contributed by atoms with van der Waals surface area (Å²) in [4.78, 5) is 31.1. The van der Waals surface area contributed by atoms with Gasteiger partial charge in [-0.1, -0.05) is 29.5 Å². The molecule has 0 atom stereocenters. The molecular weight excluding hydrogens is 312 g/mol. The molecule has 0 radical (unpaired) electrons. The maximum absolute atomic E-state index is 12.4. The molecule has 2 aromatic rings. The highest BCUT2D eigenvalue weighted by molar-refractivity contribution is 7.17. The van der Waals surface area contributed by atoms with Crippen molar-refractivity contribution >= 4 is 34.1 Å². The number of amides is 3. The summed E-state index contributed by atoms with van der Waals surface area (Å²) in [6, 6.07) is 8.80. The fraction of sp³-hybridized carbons (Fsp3) is 0.312. The first-order valence-corrected chi connectivity index (χ1v) is 8.35. The number of benzene rings is 1. The summed E-state index contributed by atoms with van der Waals surface area (Å²) in [7, 11) is 0. The first-order valence-electron chi connectivity index (χ1n) is 7.53. The van der Waals surface area contributed by atoms with Gasteiger partial charge < -0.3 is 10.2 Å². The van der Waals surface area contributed by atoms with Gasteiger partial charge >= 0.3 is 6.03 Å². The minimum Gasteiger partial charge on any atom is -0.338 e. The Morgan fingerprint density at radius 1 is 1.13 bits per heavy atom. The van der Waals surface area contributed by atoms with Crippen molar-refractivity contribution in [1.82, 2.24) is 9.88 Å². The third-order valence-electron chi connectivity index (χ3n) is 3.64. The van der Waals surface area contributed by atoms with Gasteiger partial charge in [-0.25, -0.2) is 9.78 Å². The number of hydrogen-bond donors (Lipinski definition) is 2. The van der Waals surface area contributed by atoms with Crippen molar-refractivity contribution < 1.29 is 9.59 Å². The molecule has 1 aliphatic heterocycles. The van der Waals surface area contributed by atoms with Crippen molar-refractivity contribution in [3.63, 3.8) is 0 Å². The van der Waals surface area contributed by atoms with Crippen molar-refractivity contribution in [3.8, 4) is 0 Å². The monoisotopic (exact) mass is 330 g/mol. The summed E-state index contributed by atoms with van der Waals surface area (Å²) in [6.07, 6.45) is 2.10. The second kappa shape index (κ2) is 6.78. The van der Waals surface area contributed by atoms with Crippen molar-refractivity contribution in [1.29, 1.82) is 0 Å². The fourth-order valence-electron chi connectivity index (χ4n) is 2.49. The van der Waals surface area contributed by atoms with Crippen molar-refractivity contribution in [2.75, 3.05) is 23.7 Å². The fourth-order valence-corrected chi connectivity index (χ4v) is 3.42. The predicted molar refractivity (Wildman–Crippen MR) is 91.1 cm³/mol. The average molecular weight is 330 g/mol. The number of nitrogens with one attached hydrogen (secondary N) is 2. The number of carbonyl (C=O) groups is 2. The van der Waals surface area contributed by atoms with Crippen molar-refractivity contribution in [2.45, 2.75) is 19.8 Å². The van der Waals surface area contributed by atoms with E-state index in [1.165, 1.54) is 11.3 Å². The van der Waals surface area contributed by atoms with E-state index in [1.54, 1.807) is 19.1 Å². The number of nitrogens with zero attached hydrogens (tertiary/aromatic N) is 2. The Morgan fingerprint density at radius 2 is 1.83 bits per heavy atom. The number of urea groups is 1. The lowest BCUT2D eigenvalue weighted by atomic mass is 10.3. The molecule has 3 amide bonds. The molecule has 120 valence electrons. The smallest absolute Gasteiger partial charge is 0.325 e. The molecule has 0 saturated carbocycles. The molecule has 1 aliphatic rings. The highest BCUT2D eigenvalue weighted by Gasteiger charge is 2.24. The highest BCUT2D eigenvalue weighted by atomic mass is 32.1. The van der Waals surface area contributed by atoms with Gasteiger partial charge in [0.2, 0.25) is 0 Å². The van der Waals surface area contributed by atoms with Crippen LogP contribution < -0.4 is 10.6 Å². The minimum absolute atomic E-state index is 0.00835. The molecule has 1 aromatic carbocycles. The van der Waals surface area contributed by atoms with Crippen LogP contribution >= 0.6 is 11.3 Å². The molecule has 3 rings (SSSR count). The van der Waals surface area contributed by atoms with Crippen molar-refractivity contribution in [2.24, 2.45) is 0 Å². The van der Waals surface area contributed by atoms with E-state index in [2.05, 4.69) is 15.6 Å². The highest BCUT2D eigenvalue weighted by Crippen LogP contribution is 2.25. The summed E-state index contributed by atoms with van der Waals surface area (Å²) in [5, 5.41) is 5.84. The molecular formula is C16H18N4O2S. The zero-order chi connectivity index (χ0) is 16.2. The Kier molecular flexibility index (Phi) is 4.57. The summed E-state index contributed by atoms with van der Waals surface area (Å²) in [5.41, 5.74) is 1.36. The summed E-state index contributed by atoms with van der Waals surface area (Å²) < 4.78 is 0. The van der Waals surface area contributed by atoms with E-state index >= 15 is 0 Å². The Bertz CT molecular complexity index is 708. The van der Waals surface area contributed by atoms with Crippen LogP contribution in [-0.4, -0.2) is 34.9 Å². The lowest BCUT2D eigenvalue weighted by molar-refractivity contribution is 0.0796. The third-order valence-corrected chi connectivity index (χ3v) is 4.70. The van der Waals surface area contributed by atoms with Crippen LogP contribution in [0, 0.1) is 6.92 Å². The van der Waals surface area contributed by atoms with Gasteiger partial charge in [-0.2, -0.15) is 0 Å². The van der Waals surface area contributed by atoms with Gasteiger partial charge in [0.15, 0.2) is 5.13 Å². The van der Waals surface area contributed by atoms with Crippen LogP contribution in [0.3, 0.4) is 0 Å². The molecule has 0 spiro atoms. The first-order chi connectivity index (χ1) is 11.1. The van der Waals surface area contributed by atoms with Gasteiger partial charge in [0, 0.05) is 18.8 Å². The summed E-state index contributed by atoms with van der Waals surface area (Å²) >= 11 is 1.22. The predicted octanol–water partition coefficient (Wildman–Crippen LogP) is 3.33. The number of likely N-dealkylation sites (tertiary alicyclic amines) is 1. The molecule has 2 N–H and O–H groups in total. The second-order valence-corrected chi connectivity index (χ2v) is 6.38. The molecule has 1 saturated heterocycles. The second-order valence-electron chi connectivity index (χ2n) is 5.38. The number of rotatable bonds is 3. The van der Waals surface area contributed by atoms with E-state index in [0.717, 1.165) is 25.9 Å². The Morgan fingerprint density at radius 3 is 2.52 bits per heavy atom. The standard InChI is InChI=1S/C16H18N4O2S/c1-11-13(14(21)20-9-5-6-10-20)23-16(17-11)19-15(22)18-12-7-3-2-4-8-12/h2-4,7-8H,5-6,9-10H2,1H3,(H2,17,18,19,22). The van der Waals surface area contributed by atoms with Crippen LogP contribution in [-0.2, 0) is 0 Å². The molecule has 0 unspecified atom stereocenters. The van der Waals surface area contributed by atoms with Gasteiger partial charge in [0.05, 0.1) is 5.69 Å². The molecule has 1 fully saturated rings. The molecule has 0 bridgehead atoms. The minimum atomic E-state index is -0.370. The number of aryl methyl sites for hydroxylation is 1. The quantitative estimate of drug-likeness (QED) is 0.906. The lowest BCUT2D eigenvalue weighted by Gasteiger charge is -2.13. The van der Waals surface area contributed by atoms with Crippen LogP contribution in [0.2, 0.25) is 0 Å². The SMILES string of the molecule is Cc1nc(NC(=O)Nc2ccccc2)sc1C(=O)N1CCCC1. The van der Waals surface area contributed by atoms with Gasteiger partial charge in [0.25, 0.3) is 5.91 Å². The number of para-hydroxylation sites is 1. The van der Waals surface area contributed by atoms with E-state index in [4.69, 9.17) is 0 Å². The third kappa shape index (κ3) is 3.68. The Balaban J connectivity index is 1.66. The van der Waals surface area contributed by atoms with Crippen LogP contribution in [0.5, 0.6) is 0 Å². The number of aromatic nitrogens is 1. The number of carbonyl (C=O) groups excluding carboxylic acids is 2.